The summed E-state index contributed by atoms with van der Waals surface area (Å²) in [5, 5.41) is 19.9. The molecule has 0 saturated heterocycles. The van der Waals surface area contributed by atoms with Crippen molar-refractivity contribution in [2.45, 2.75) is 13.5 Å². The van der Waals surface area contributed by atoms with Crippen LogP contribution in [-0.4, -0.2) is 22.8 Å². The van der Waals surface area contributed by atoms with E-state index < -0.39 is 11.6 Å². The van der Waals surface area contributed by atoms with Gasteiger partial charge < -0.3 is 19.4 Å². The number of aliphatic hydroxyl groups is 1. The van der Waals surface area contributed by atoms with E-state index in [1.54, 1.807) is 37.3 Å². The fourth-order valence-corrected chi connectivity index (χ4v) is 2.58. The number of aromatic hydroxyl groups is 1. The molecule has 0 amide bonds. The molecular weight excluding hydrogens is 324 g/mol. The third kappa shape index (κ3) is 3.12. The lowest BCUT2D eigenvalue weighted by molar-refractivity contribution is 0.0522. The van der Waals surface area contributed by atoms with Crippen molar-refractivity contribution in [1.82, 2.24) is 0 Å². The summed E-state index contributed by atoms with van der Waals surface area (Å²) in [6.45, 7) is 1.70. The molecule has 1 aromatic heterocycles. The Balaban J connectivity index is 2.21. The molecule has 6 heteroatoms. The van der Waals surface area contributed by atoms with Gasteiger partial charge in [0.15, 0.2) is 0 Å². The zero-order valence-corrected chi connectivity index (χ0v) is 13.5. The molecule has 3 aromatic rings. The van der Waals surface area contributed by atoms with Crippen molar-refractivity contribution in [1.29, 1.82) is 0 Å². The molecule has 0 fully saturated rings. The highest BCUT2D eigenvalue weighted by atomic mass is 16.5. The van der Waals surface area contributed by atoms with Crippen molar-refractivity contribution < 1.29 is 24.2 Å². The normalized spacial score (nSPS) is 10.8. The molecule has 128 valence electrons. The summed E-state index contributed by atoms with van der Waals surface area (Å²) in [6, 6.07) is 11.2. The monoisotopic (exact) mass is 340 g/mol. The zero-order chi connectivity index (χ0) is 18.0. The van der Waals surface area contributed by atoms with E-state index in [1.807, 2.05) is 0 Å². The van der Waals surface area contributed by atoms with Crippen molar-refractivity contribution in [3.8, 4) is 16.9 Å². The number of phenols is 1. The van der Waals surface area contributed by atoms with Crippen molar-refractivity contribution in [3.63, 3.8) is 0 Å². The Morgan fingerprint density at radius 1 is 1.16 bits per heavy atom. The van der Waals surface area contributed by atoms with E-state index in [9.17, 15) is 14.7 Å². The summed E-state index contributed by atoms with van der Waals surface area (Å²) in [6.07, 6.45) is 0. The first kappa shape index (κ1) is 16.7. The van der Waals surface area contributed by atoms with Gasteiger partial charge in [0.25, 0.3) is 0 Å². The fourth-order valence-electron chi connectivity index (χ4n) is 2.58. The summed E-state index contributed by atoms with van der Waals surface area (Å²) in [5.41, 5.74) is 0.831. The van der Waals surface area contributed by atoms with Gasteiger partial charge in [-0.2, -0.15) is 0 Å². The van der Waals surface area contributed by atoms with E-state index >= 15 is 0 Å². The number of esters is 1. The summed E-state index contributed by atoms with van der Waals surface area (Å²) in [7, 11) is 0. The van der Waals surface area contributed by atoms with Crippen LogP contribution < -0.4 is 5.63 Å². The lowest BCUT2D eigenvalue weighted by Gasteiger charge is -2.09. The minimum absolute atomic E-state index is 0.0590. The molecule has 6 nitrogen and oxygen atoms in total. The number of benzene rings is 2. The quantitative estimate of drug-likeness (QED) is 0.560. The molecule has 0 saturated carbocycles. The number of carbonyl (C=O) groups is 1. The van der Waals surface area contributed by atoms with Gasteiger partial charge in [0.2, 0.25) is 0 Å². The lowest BCUT2D eigenvalue weighted by atomic mass is 10.00. The van der Waals surface area contributed by atoms with Gasteiger partial charge in [-0.15, -0.1) is 0 Å². The summed E-state index contributed by atoms with van der Waals surface area (Å²) >= 11 is 0. The van der Waals surface area contributed by atoms with E-state index in [0.717, 1.165) is 5.56 Å². The summed E-state index contributed by atoms with van der Waals surface area (Å²) in [4.78, 5) is 24.0. The van der Waals surface area contributed by atoms with Crippen molar-refractivity contribution in [3.05, 3.63) is 64.0 Å². The van der Waals surface area contributed by atoms with Crippen LogP contribution in [0.2, 0.25) is 0 Å². The third-order valence-electron chi connectivity index (χ3n) is 3.80. The molecular formula is C19H16O6. The van der Waals surface area contributed by atoms with E-state index in [4.69, 9.17) is 14.3 Å². The van der Waals surface area contributed by atoms with E-state index in [0.29, 0.717) is 16.5 Å². The molecule has 2 aromatic carbocycles. The minimum Gasteiger partial charge on any atom is -0.507 e. The number of hydrogen-bond acceptors (Lipinski definition) is 6. The highest BCUT2D eigenvalue weighted by molar-refractivity contribution is 5.99. The highest BCUT2D eigenvalue weighted by Gasteiger charge is 2.18. The van der Waals surface area contributed by atoms with Crippen LogP contribution in [0.1, 0.15) is 22.8 Å². The number of aliphatic hydroxyl groups excluding tert-OH is 1. The smallest absolute Gasteiger partial charge is 0.351 e. The molecule has 1 heterocycles. The molecule has 0 radical (unpaired) electrons. The number of phenolic OH excluding ortho intramolecular Hbond substituents is 1. The molecule has 0 aliphatic heterocycles. The van der Waals surface area contributed by atoms with Gasteiger partial charge in [-0.1, -0.05) is 24.3 Å². The Kier molecular flexibility index (Phi) is 4.54. The van der Waals surface area contributed by atoms with Crippen LogP contribution in [0, 0.1) is 0 Å². The molecule has 0 aliphatic rings. The topological polar surface area (TPSA) is 97.0 Å². The van der Waals surface area contributed by atoms with Crippen LogP contribution in [0.4, 0.5) is 0 Å². The highest BCUT2D eigenvalue weighted by Crippen LogP contribution is 2.36. The maximum absolute atomic E-state index is 12.2. The Morgan fingerprint density at radius 2 is 1.88 bits per heavy atom. The zero-order valence-electron chi connectivity index (χ0n) is 13.5. The lowest BCUT2D eigenvalue weighted by Crippen LogP contribution is -2.16. The Morgan fingerprint density at radius 3 is 2.52 bits per heavy atom. The van der Waals surface area contributed by atoms with Crippen LogP contribution in [0.15, 0.2) is 51.7 Å². The number of rotatable bonds is 4. The first-order chi connectivity index (χ1) is 12.0. The summed E-state index contributed by atoms with van der Waals surface area (Å²) < 4.78 is 10.2. The minimum atomic E-state index is -0.829. The van der Waals surface area contributed by atoms with E-state index in [2.05, 4.69) is 0 Å². The first-order valence-corrected chi connectivity index (χ1v) is 7.72. The van der Waals surface area contributed by atoms with Crippen LogP contribution in [-0.2, 0) is 11.3 Å². The first-order valence-electron chi connectivity index (χ1n) is 7.72. The largest absolute Gasteiger partial charge is 0.507 e. The standard InChI is InChI=1S/C19H16O6/c1-2-24-18(22)14-9-13-7-8-15(21)16(17(13)25-19(14)23)12-5-3-11(10-20)4-6-12/h3-9,20-21H,2,10H2,1H3. The Bertz CT molecular complexity index is 985. The summed E-state index contributed by atoms with van der Waals surface area (Å²) in [5.74, 6) is -0.809. The number of fused-ring (bicyclic) bond motifs is 1. The van der Waals surface area contributed by atoms with Crippen LogP contribution in [0.5, 0.6) is 5.75 Å². The second-order valence-corrected chi connectivity index (χ2v) is 5.40. The Hall–Kier alpha value is -3.12. The van der Waals surface area contributed by atoms with Crippen LogP contribution in [0.3, 0.4) is 0 Å². The van der Waals surface area contributed by atoms with Gasteiger partial charge in [0, 0.05) is 5.39 Å². The predicted octanol–water partition coefficient (Wildman–Crippen LogP) is 2.83. The fraction of sp³-hybridized carbons (Fsp3) is 0.158. The van der Waals surface area contributed by atoms with Gasteiger partial charge in [0.05, 0.1) is 18.8 Å². The second-order valence-electron chi connectivity index (χ2n) is 5.40. The molecule has 0 aliphatic carbocycles. The molecule has 0 atom stereocenters. The molecule has 2 N–H and O–H groups in total. The molecule has 0 spiro atoms. The van der Waals surface area contributed by atoms with Gasteiger partial charge in [0.1, 0.15) is 16.9 Å². The molecule has 25 heavy (non-hydrogen) atoms. The van der Waals surface area contributed by atoms with Crippen molar-refractivity contribution in [2.75, 3.05) is 6.61 Å². The van der Waals surface area contributed by atoms with Crippen molar-refractivity contribution >= 4 is 16.9 Å². The van der Waals surface area contributed by atoms with Gasteiger partial charge >= 0.3 is 11.6 Å². The van der Waals surface area contributed by atoms with Gasteiger partial charge in [-0.05, 0) is 36.2 Å². The average Bonchev–Trinajstić information content (AvgIpc) is 2.61. The number of carbonyl (C=O) groups excluding carboxylic acids is 1. The van der Waals surface area contributed by atoms with Crippen LogP contribution in [0.25, 0.3) is 22.1 Å². The number of ether oxygens (including phenoxy) is 1. The number of hydrogen-bond donors (Lipinski definition) is 2. The van der Waals surface area contributed by atoms with Crippen molar-refractivity contribution in [2.24, 2.45) is 0 Å². The van der Waals surface area contributed by atoms with E-state index in [1.165, 1.54) is 12.1 Å². The molecule has 3 rings (SSSR count). The average molecular weight is 340 g/mol. The molecule has 0 unspecified atom stereocenters. The maximum atomic E-state index is 12.2. The van der Waals surface area contributed by atoms with Gasteiger partial charge in [-0.25, -0.2) is 9.59 Å². The van der Waals surface area contributed by atoms with Crippen LogP contribution >= 0.6 is 0 Å². The van der Waals surface area contributed by atoms with Gasteiger partial charge in [-0.3, -0.25) is 0 Å². The Labute approximate surface area is 142 Å². The second kappa shape index (κ2) is 6.78. The predicted molar refractivity (Wildman–Crippen MR) is 91.5 cm³/mol. The van der Waals surface area contributed by atoms with E-state index in [-0.39, 0.29) is 30.1 Å². The maximum Gasteiger partial charge on any atom is 0.351 e. The third-order valence-corrected chi connectivity index (χ3v) is 3.80. The SMILES string of the molecule is CCOC(=O)c1cc2ccc(O)c(-c3ccc(CO)cc3)c2oc1=O. The molecule has 0 bridgehead atoms.